The number of aromatic nitrogens is 3. The van der Waals surface area contributed by atoms with Gasteiger partial charge in [-0.2, -0.15) is 5.10 Å². The first-order chi connectivity index (χ1) is 12.1. The molecule has 1 saturated heterocycles. The molecule has 0 spiro atoms. The fraction of sp³-hybridized carbons (Fsp3) is 0.500. The number of carbonyl (C=O) groups excluding carboxylic acids is 1. The minimum absolute atomic E-state index is 0.0788. The number of hydrogen-bond donors (Lipinski definition) is 1. The van der Waals surface area contributed by atoms with Crippen molar-refractivity contribution in [3.8, 4) is 5.75 Å². The zero-order valence-electron chi connectivity index (χ0n) is 14.7. The van der Waals surface area contributed by atoms with Gasteiger partial charge >= 0.3 is 5.69 Å². The minimum atomic E-state index is -0.185. The largest absolute Gasteiger partial charge is 0.496 e. The van der Waals surface area contributed by atoms with Gasteiger partial charge in [0.05, 0.1) is 13.5 Å². The highest BCUT2D eigenvalue weighted by molar-refractivity contribution is 5.79. The monoisotopic (exact) mass is 344 g/mol. The Morgan fingerprint density at radius 3 is 2.96 bits per heavy atom. The minimum Gasteiger partial charge on any atom is -0.496 e. The lowest BCUT2D eigenvalue weighted by molar-refractivity contribution is -0.131. The molecule has 1 aromatic heterocycles. The molecule has 1 amide bonds. The van der Waals surface area contributed by atoms with Crippen LogP contribution in [-0.2, 0) is 17.8 Å². The van der Waals surface area contributed by atoms with Gasteiger partial charge in [0.1, 0.15) is 11.6 Å². The van der Waals surface area contributed by atoms with Crippen LogP contribution in [0.4, 0.5) is 0 Å². The fourth-order valence-corrected chi connectivity index (χ4v) is 3.49. The molecule has 2 aromatic rings. The van der Waals surface area contributed by atoms with E-state index in [-0.39, 0.29) is 17.5 Å². The third-order valence-corrected chi connectivity index (χ3v) is 4.78. The van der Waals surface area contributed by atoms with Gasteiger partial charge < -0.3 is 9.64 Å². The summed E-state index contributed by atoms with van der Waals surface area (Å²) >= 11 is 0. The lowest BCUT2D eigenvalue weighted by Crippen LogP contribution is -2.40. The molecule has 3 rings (SSSR count). The number of amides is 1. The molecule has 0 saturated carbocycles. The molecule has 7 nitrogen and oxygen atoms in total. The number of benzene rings is 1. The van der Waals surface area contributed by atoms with E-state index in [2.05, 4.69) is 10.2 Å². The van der Waals surface area contributed by atoms with Crippen molar-refractivity contribution in [2.24, 2.45) is 0 Å². The summed E-state index contributed by atoms with van der Waals surface area (Å²) < 4.78 is 6.99. The highest BCUT2D eigenvalue weighted by Gasteiger charge is 2.28. The Bertz CT molecular complexity index is 796. The lowest BCUT2D eigenvalue weighted by Gasteiger charge is -2.32. The van der Waals surface area contributed by atoms with Crippen molar-refractivity contribution in [3.63, 3.8) is 0 Å². The SMILES string of the molecule is CCn1c(C2CCCN(C(=O)Cc3ccccc3OC)C2)n[nH]c1=O. The summed E-state index contributed by atoms with van der Waals surface area (Å²) in [5.41, 5.74) is 0.706. The van der Waals surface area contributed by atoms with Crippen LogP contribution in [0.15, 0.2) is 29.1 Å². The summed E-state index contributed by atoms with van der Waals surface area (Å²) in [6.07, 6.45) is 2.16. The van der Waals surface area contributed by atoms with Crippen molar-refractivity contribution in [1.82, 2.24) is 19.7 Å². The third-order valence-electron chi connectivity index (χ3n) is 4.78. The van der Waals surface area contributed by atoms with E-state index in [0.717, 1.165) is 36.5 Å². The van der Waals surface area contributed by atoms with Crippen LogP contribution in [0.3, 0.4) is 0 Å². The Hall–Kier alpha value is -2.57. The summed E-state index contributed by atoms with van der Waals surface area (Å²) in [6, 6.07) is 7.59. The number of hydrogen-bond acceptors (Lipinski definition) is 4. The number of methoxy groups -OCH3 is 1. The topological polar surface area (TPSA) is 80.2 Å². The van der Waals surface area contributed by atoms with Gasteiger partial charge in [0.15, 0.2) is 0 Å². The van der Waals surface area contributed by atoms with Gasteiger partial charge in [-0.1, -0.05) is 18.2 Å². The predicted molar refractivity (Wildman–Crippen MR) is 93.8 cm³/mol. The van der Waals surface area contributed by atoms with Crippen molar-refractivity contribution in [2.45, 2.75) is 38.6 Å². The van der Waals surface area contributed by atoms with Gasteiger partial charge in [0, 0.05) is 31.1 Å². The van der Waals surface area contributed by atoms with Gasteiger partial charge in [-0.25, -0.2) is 9.89 Å². The number of H-pyrrole nitrogens is 1. The maximum Gasteiger partial charge on any atom is 0.343 e. The maximum absolute atomic E-state index is 12.7. The van der Waals surface area contributed by atoms with Gasteiger partial charge in [0.25, 0.3) is 0 Å². The first kappa shape index (κ1) is 17.3. The molecule has 1 N–H and O–H groups in total. The van der Waals surface area contributed by atoms with Gasteiger partial charge in [-0.15, -0.1) is 0 Å². The van der Waals surface area contributed by atoms with E-state index >= 15 is 0 Å². The van der Waals surface area contributed by atoms with Crippen molar-refractivity contribution >= 4 is 5.91 Å². The Kier molecular flexibility index (Phi) is 5.21. The Morgan fingerprint density at radius 1 is 1.40 bits per heavy atom. The van der Waals surface area contributed by atoms with Crippen LogP contribution >= 0.6 is 0 Å². The second kappa shape index (κ2) is 7.55. The Labute approximate surface area is 146 Å². The van der Waals surface area contributed by atoms with Gasteiger partial charge in [-0.05, 0) is 25.8 Å². The van der Waals surface area contributed by atoms with E-state index in [1.165, 1.54) is 0 Å². The number of nitrogens with zero attached hydrogens (tertiary/aromatic N) is 3. The molecular weight excluding hydrogens is 320 g/mol. The highest BCUT2D eigenvalue weighted by Crippen LogP contribution is 2.26. The molecular formula is C18H24N4O3. The standard InChI is InChI=1S/C18H24N4O3/c1-3-22-17(19-20-18(22)24)14-8-6-10-21(12-14)16(23)11-13-7-4-5-9-15(13)25-2/h4-5,7,9,14H,3,6,8,10-12H2,1-2H3,(H,20,24). The van der Waals surface area contributed by atoms with Crippen LogP contribution in [0.1, 0.15) is 37.1 Å². The van der Waals surface area contributed by atoms with Gasteiger partial charge in [0.2, 0.25) is 5.91 Å². The summed E-state index contributed by atoms with van der Waals surface area (Å²) in [5, 5.41) is 6.70. The molecule has 1 unspecified atom stereocenters. The van der Waals surface area contributed by atoms with E-state index < -0.39 is 0 Å². The number of piperidine rings is 1. The van der Waals surface area contributed by atoms with Crippen molar-refractivity contribution < 1.29 is 9.53 Å². The van der Waals surface area contributed by atoms with Crippen molar-refractivity contribution in [2.75, 3.05) is 20.2 Å². The molecule has 25 heavy (non-hydrogen) atoms. The first-order valence-corrected chi connectivity index (χ1v) is 8.68. The summed E-state index contributed by atoms with van der Waals surface area (Å²) in [7, 11) is 1.61. The van der Waals surface area contributed by atoms with Crippen LogP contribution in [0.25, 0.3) is 0 Å². The van der Waals surface area contributed by atoms with Crippen molar-refractivity contribution in [3.05, 3.63) is 46.1 Å². The molecule has 2 heterocycles. The third kappa shape index (κ3) is 3.60. The summed E-state index contributed by atoms with van der Waals surface area (Å²) in [5.74, 6) is 1.66. The molecule has 1 aromatic carbocycles. The smallest absolute Gasteiger partial charge is 0.343 e. The average Bonchev–Trinajstić information content (AvgIpc) is 3.02. The zero-order valence-corrected chi connectivity index (χ0v) is 14.7. The predicted octanol–water partition coefficient (Wildman–Crippen LogP) is 1.55. The molecule has 1 aliphatic heterocycles. The number of para-hydroxylation sites is 1. The van der Waals surface area contributed by atoms with Crippen molar-refractivity contribution in [1.29, 1.82) is 0 Å². The molecule has 7 heteroatoms. The van der Waals surface area contributed by atoms with Crippen LogP contribution in [0, 0.1) is 0 Å². The summed E-state index contributed by atoms with van der Waals surface area (Å²) in [6.45, 7) is 3.84. The van der Waals surface area contributed by atoms with E-state index in [1.807, 2.05) is 36.1 Å². The molecule has 134 valence electrons. The maximum atomic E-state index is 12.7. The quantitative estimate of drug-likeness (QED) is 0.892. The highest BCUT2D eigenvalue weighted by atomic mass is 16.5. The van der Waals surface area contributed by atoms with E-state index in [9.17, 15) is 9.59 Å². The first-order valence-electron chi connectivity index (χ1n) is 8.68. The van der Waals surface area contributed by atoms with E-state index in [1.54, 1.807) is 11.7 Å². The van der Waals surface area contributed by atoms with Crippen LogP contribution in [0.2, 0.25) is 0 Å². The summed E-state index contributed by atoms with van der Waals surface area (Å²) in [4.78, 5) is 26.4. The van der Waals surface area contributed by atoms with Crippen LogP contribution < -0.4 is 10.4 Å². The second-order valence-electron chi connectivity index (χ2n) is 6.30. The molecule has 1 atom stereocenters. The van der Waals surface area contributed by atoms with Crippen LogP contribution in [-0.4, -0.2) is 45.8 Å². The normalized spacial score (nSPS) is 17.5. The number of carbonyl (C=O) groups is 1. The fourth-order valence-electron chi connectivity index (χ4n) is 3.49. The molecule has 1 fully saturated rings. The van der Waals surface area contributed by atoms with E-state index in [0.29, 0.717) is 19.5 Å². The Morgan fingerprint density at radius 2 is 2.20 bits per heavy atom. The number of likely N-dealkylation sites (tertiary alicyclic amines) is 1. The molecule has 0 radical (unpaired) electrons. The van der Waals surface area contributed by atoms with E-state index in [4.69, 9.17) is 4.74 Å². The average molecular weight is 344 g/mol. The molecule has 0 bridgehead atoms. The number of rotatable bonds is 5. The van der Waals surface area contributed by atoms with Gasteiger partial charge in [-0.3, -0.25) is 9.36 Å². The Balaban J connectivity index is 1.72. The molecule has 0 aliphatic carbocycles. The number of ether oxygens (including phenoxy) is 1. The number of nitrogens with one attached hydrogen (secondary N) is 1. The zero-order chi connectivity index (χ0) is 17.8. The lowest BCUT2D eigenvalue weighted by atomic mass is 9.96. The van der Waals surface area contributed by atoms with Crippen LogP contribution in [0.5, 0.6) is 5.75 Å². The second-order valence-corrected chi connectivity index (χ2v) is 6.30. The molecule has 1 aliphatic rings. The number of aromatic amines is 1.